The van der Waals surface area contributed by atoms with Crippen molar-refractivity contribution in [2.45, 2.75) is 36.4 Å². The molecule has 0 aliphatic heterocycles. The Hall–Kier alpha value is -6.91. The number of halogens is 7. The molecular weight excluding hydrogens is 902 g/mol. The van der Waals surface area contributed by atoms with E-state index in [0.29, 0.717) is 22.7 Å². The molecule has 4 heterocycles. The highest BCUT2D eigenvalue weighted by molar-refractivity contribution is 8.13. The van der Waals surface area contributed by atoms with Gasteiger partial charge in [0.05, 0.1) is 43.6 Å². The zero-order valence-electron chi connectivity index (χ0n) is 32.4. The fraction of sp³-hybridized carbons (Fsp3) is 0.100. The highest BCUT2D eigenvalue weighted by atomic mass is 35.7. The number of hydrogen-bond acceptors (Lipinski definition) is 11. The van der Waals surface area contributed by atoms with Crippen LogP contribution in [0.1, 0.15) is 11.4 Å². The lowest BCUT2D eigenvalue weighted by molar-refractivity contribution is -0.275. The number of nitrogen functional groups attached to an aromatic ring is 1. The number of nitrogens with two attached hydrogens (primary N) is 1. The molecule has 4 aromatic carbocycles. The number of rotatable bonds is 8. The number of hydrogen-bond donors (Lipinski definition) is 2. The zero-order valence-corrected chi connectivity index (χ0v) is 34.8. The van der Waals surface area contributed by atoms with Crippen molar-refractivity contribution in [3.05, 3.63) is 145 Å². The number of fused-ring (bicyclic) bond motifs is 2. The first kappa shape index (κ1) is 45.6. The maximum Gasteiger partial charge on any atom is 0.573 e. The highest BCUT2D eigenvalue weighted by Crippen LogP contribution is 2.29. The predicted molar refractivity (Wildman–Crippen MR) is 222 cm³/mol. The number of nitrogens with zero attached hydrogens (tertiary/aromatic N) is 6. The first-order chi connectivity index (χ1) is 29.6. The third-order valence-corrected chi connectivity index (χ3v) is 11.1. The molecule has 4 aromatic heterocycles. The van der Waals surface area contributed by atoms with Crippen molar-refractivity contribution in [1.82, 2.24) is 29.5 Å². The average Bonchev–Trinajstić information content (AvgIpc) is 3.75. The number of ether oxygens (including phenoxy) is 2. The van der Waals surface area contributed by atoms with Crippen molar-refractivity contribution >= 4 is 63.2 Å². The summed E-state index contributed by atoms with van der Waals surface area (Å²) in [6.07, 6.45) is -6.24. The van der Waals surface area contributed by atoms with Crippen molar-refractivity contribution in [3.8, 4) is 22.9 Å². The number of aryl methyl sites for hydroxylation is 2. The lowest BCUT2D eigenvalue weighted by Gasteiger charge is -2.13. The minimum Gasteiger partial charge on any atom is -0.406 e. The van der Waals surface area contributed by atoms with Gasteiger partial charge in [-0.3, -0.25) is 14.7 Å². The summed E-state index contributed by atoms with van der Waals surface area (Å²) in [6, 6.07) is 29.7. The van der Waals surface area contributed by atoms with Crippen LogP contribution in [0, 0.1) is 13.8 Å². The second kappa shape index (κ2) is 18.2. The van der Waals surface area contributed by atoms with Crippen LogP contribution in [0.2, 0.25) is 0 Å². The molecular formula is C40H31ClF6N8O6S2. The molecule has 63 heavy (non-hydrogen) atoms. The van der Waals surface area contributed by atoms with E-state index < -0.39 is 43.3 Å². The van der Waals surface area contributed by atoms with Crippen molar-refractivity contribution < 1.29 is 52.7 Å². The van der Waals surface area contributed by atoms with Crippen LogP contribution in [0.4, 0.5) is 38.0 Å². The number of sulfonamides is 1. The molecule has 3 N–H and O–H groups in total. The van der Waals surface area contributed by atoms with Gasteiger partial charge in [0.25, 0.3) is 19.1 Å². The topological polar surface area (TPSA) is 186 Å². The molecule has 0 amide bonds. The molecule has 0 aliphatic carbocycles. The van der Waals surface area contributed by atoms with E-state index in [1.54, 1.807) is 48.3 Å². The van der Waals surface area contributed by atoms with Gasteiger partial charge in [-0.2, -0.15) is 10.2 Å². The molecule has 0 bridgehead atoms. The van der Waals surface area contributed by atoms with Crippen LogP contribution in [0.3, 0.4) is 0 Å². The van der Waals surface area contributed by atoms with E-state index in [1.807, 2.05) is 55.5 Å². The lowest BCUT2D eigenvalue weighted by atomic mass is 10.2. The van der Waals surface area contributed by atoms with E-state index >= 15 is 0 Å². The van der Waals surface area contributed by atoms with Gasteiger partial charge in [-0.1, -0.05) is 12.1 Å². The fourth-order valence-electron chi connectivity index (χ4n) is 5.83. The van der Waals surface area contributed by atoms with Crippen molar-refractivity contribution in [1.29, 1.82) is 0 Å². The molecule has 23 heteroatoms. The van der Waals surface area contributed by atoms with E-state index in [9.17, 15) is 43.2 Å². The fourth-order valence-corrected chi connectivity index (χ4v) is 7.64. The summed E-state index contributed by atoms with van der Waals surface area (Å²) in [7, 11) is -3.08. The molecule has 14 nitrogen and oxygen atoms in total. The number of alkyl halides is 6. The van der Waals surface area contributed by atoms with E-state index in [0.717, 1.165) is 76.2 Å². The Labute approximate surface area is 359 Å². The quantitative estimate of drug-likeness (QED) is 0.109. The van der Waals surface area contributed by atoms with Gasteiger partial charge in [-0.25, -0.2) is 26.2 Å². The van der Waals surface area contributed by atoms with E-state index in [4.69, 9.17) is 16.4 Å². The summed E-state index contributed by atoms with van der Waals surface area (Å²) in [4.78, 5) is 8.09. The molecule has 8 aromatic rings. The van der Waals surface area contributed by atoms with Crippen molar-refractivity contribution in [2.24, 2.45) is 0 Å². The second-order valence-corrected chi connectivity index (χ2v) is 17.2. The molecule has 0 radical (unpaired) electrons. The lowest BCUT2D eigenvalue weighted by Crippen LogP contribution is -2.18. The third kappa shape index (κ3) is 11.9. The SMILES string of the molecule is Cc1cc(N)n(-c2cccc3ncccc23)n1.Cc1cc(NS(=O)(=O)c2ccc(OC(F)(F)F)cc2)n(-c2cccc3ncccc23)n1.O=S(=O)(Cl)c1ccc(OC(F)(F)F)cc1. The van der Waals surface area contributed by atoms with Gasteiger partial charge in [0, 0.05) is 46.0 Å². The average molecular weight is 933 g/mol. The summed E-state index contributed by atoms with van der Waals surface area (Å²) >= 11 is 0. The first-order valence-corrected chi connectivity index (χ1v) is 21.6. The van der Waals surface area contributed by atoms with Gasteiger partial charge < -0.3 is 15.2 Å². The molecule has 0 atom stereocenters. The molecule has 0 unspecified atom stereocenters. The molecule has 328 valence electrons. The number of aromatic nitrogens is 6. The Bertz CT molecular complexity index is 3100. The minimum atomic E-state index is -4.87. The first-order valence-electron chi connectivity index (χ1n) is 17.8. The van der Waals surface area contributed by atoms with Crippen molar-refractivity contribution in [3.63, 3.8) is 0 Å². The minimum absolute atomic E-state index is 0.171. The molecule has 8 rings (SSSR count). The number of anilines is 2. The summed E-state index contributed by atoms with van der Waals surface area (Å²) in [5.74, 6) is -0.217. The van der Waals surface area contributed by atoms with Crippen LogP contribution in [-0.4, -0.2) is 59.1 Å². The van der Waals surface area contributed by atoms with Crippen LogP contribution < -0.4 is 19.9 Å². The molecule has 0 aliphatic rings. The van der Waals surface area contributed by atoms with E-state index in [2.05, 4.69) is 34.4 Å². The molecule has 0 saturated heterocycles. The molecule has 0 fully saturated rings. The van der Waals surface area contributed by atoms with Crippen LogP contribution in [0.15, 0.2) is 144 Å². The molecule has 0 spiro atoms. The van der Waals surface area contributed by atoms with Crippen molar-refractivity contribution in [2.75, 3.05) is 10.5 Å². The normalized spacial score (nSPS) is 11.9. The largest absolute Gasteiger partial charge is 0.573 e. The number of pyridine rings is 2. The second-order valence-electron chi connectivity index (χ2n) is 13.0. The smallest absolute Gasteiger partial charge is 0.406 e. The third-order valence-electron chi connectivity index (χ3n) is 8.34. The van der Waals surface area contributed by atoms with Gasteiger partial charge in [0.15, 0.2) is 0 Å². The maximum absolute atomic E-state index is 12.8. The summed E-state index contributed by atoms with van der Waals surface area (Å²) < 4.78 is 132. The monoisotopic (exact) mass is 932 g/mol. The van der Waals surface area contributed by atoms with Gasteiger partial charge in [-0.05, 0) is 111 Å². The van der Waals surface area contributed by atoms with Gasteiger partial charge in [0.1, 0.15) is 23.1 Å². The summed E-state index contributed by atoms with van der Waals surface area (Å²) in [5, 5.41) is 10.6. The standard InChI is InChI=1S/C20H15F3N4O3S.C13H12N4.C7H4ClF3O3S/c1-13-12-19(27(25-13)18-6-2-5-17-16(18)4-3-11-24-17)26-31(28,29)15-9-7-14(8-10-15)30-20(21,22)23;1-9-8-13(14)17(16-9)12-6-2-5-11-10(12)4-3-7-15-11;8-15(12,13)6-3-1-5(2-4-6)14-7(9,10)11/h2-12,26H,1H3;2-8H,14H2,1H3;1-4H. The van der Waals surface area contributed by atoms with Crippen LogP contribution >= 0.6 is 10.7 Å². The highest BCUT2D eigenvalue weighted by Gasteiger charge is 2.32. The number of benzene rings is 4. The Morgan fingerprint density at radius 1 is 0.603 bits per heavy atom. The van der Waals surface area contributed by atoms with Gasteiger partial charge in [-0.15, -0.1) is 26.3 Å². The zero-order chi connectivity index (χ0) is 45.7. The number of nitrogens with one attached hydrogen (secondary N) is 1. The maximum atomic E-state index is 12.8. The summed E-state index contributed by atoms with van der Waals surface area (Å²) in [5.41, 5.74) is 10.6. The Balaban J connectivity index is 0.000000174. The Morgan fingerprint density at radius 3 is 1.49 bits per heavy atom. The van der Waals surface area contributed by atoms with Crippen LogP contribution in [0.5, 0.6) is 11.5 Å². The molecule has 0 saturated carbocycles. The Kier molecular flexibility index (Phi) is 13.2. The van der Waals surface area contributed by atoms with Gasteiger partial charge in [0.2, 0.25) is 0 Å². The van der Waals surface area contributed by atoms with Crippen LogP contribution in [-0.2, 0) is 19.1 Å². The van der Waals surface area contributed by atoms with Gasteiger partial charge >= 0.3 is 12.7 Å². The van der Waals surface area contributed by atoms with Crippen LogP contribution in [0.25, 0.3) is 33.2 Å². The van der Waals surface area contributed by atoms with E-state index in [1.165, 1.54) is 4.68 Å². The Morgan fingerprint density at radius 2 is 1.05 bits per heavy atom. The summed E-state index contributed by atoms with van der Waals surface area (Å²) in [6.45, 7) is 3.64. The predicted octanol–water partition coefficient (Wildman–Crippen LogP) is 9.25. The van der Waals surface area contributed by atoms with E-state index in [-0.39, 0.29) is 15.6 Å².